The van der Waals surface area contributed by atoms with E-state index >= 15 is 0 Å². The first-order valence-electron chi connectivity index (χ1n) is 10.9. The molecule has 1 unspecified atom stereocenters. The van der Waals surface area contributed by atoms with Crippen LogP contribution >= 0.6 is 0 Å². The highest BCUT2D eigenvalue weighted by atomic mass is 16.4. The van der Waals surface area contributed by atoms with Crippen LogP contribution in [-0.4, -0.2) is 20.0 Å². The van der Waals surface area contributed by atoms with Gasteiger partial charge in [-0.3, -0.25) is 0 Å². The van der Waals surface area contributed by atoms with Gasteiger partial charge in [-0.25, -0.2) is 4.68 Å². The first kappa shape index (κ1) is 20.8. The molecule has 0 aliphatic carbocycles. The van der Waals surface area contributed by atoms with Crippen molar-refractivity contribution in [1.82, 2.24) is 20.0 Å². The molecule has 6 nitrogen and oxygen atoms in total. The molecule has 0 saturated heterocycles. The molecule has 0 amide bonds. The normalized spacial score (nSPS) is 13.1. The molecule has 3 aromatic carbocycles. The summed E-state index contributed by atoms with van der Waals surface area (Å²) in [6, 6.07) is 30.1. The van der Waals surface area contributed by atoms with Crippen LogP contribution in [0, 0.1) is 6.92 Å². The van der Waals surface area contributed by atoms with Crippen LogP contribution in [-0.2, 0) is 12.0 Å². The van der Waals surface area contributed by atoms with Crippen LogP contribution in [0.3, 0.4) is 0 Å². The van der Waals surface area contributed by atoms with E-state index in [4.69, 9.17) is 15.2 Å². The lowest BCUT2D eigenvalue weighted by Crippen LogP contribution is -2.35. The maximum atomic E-state index is 6.63. The number of nitrogens with zero attached hydrogens (tertiary/aromatic N) is 4. The number of para-hydroxylation sites is 1. The van der Waals surface area contributed by atoms with Crippen molar-refractivity contribution in [1.29, 1.82) is 0 Å². The van der Waals surface area contributed by atoms with Gasteiger partial charge in [-0.1, -0.05) is 78.9 Å². The van der Waals surface area contributed by atoms with Crippen molar-refractivity contribution in [3.05, 3.63) is 108 Å². The quantitative estimate of drug-likeness (QED) is 0.391. The highest BCUT2D eigenvalue weighted by molar-refractivity contribution is 5.79. The Balaban J connectivity index is 1.60. The van der Waals surface area contributed by atoms with Gasteiger partial charge in [0.25, 0.3) is 5.89 Å². The zero-order valence-electron chi connectivity index (χ0n) is 18.6. The Morgan fingerprint density at radius 2 is 1.45 bits per heavy atom. The molecule has 0 saturated carbocycles. The van der Waals surface area contributed by atoms with E-state index in [9.17, 15) is 0 Å². The van der Waals surface area contributed by atoms with E-state index in [0.29, 0.717) is 18.2 Å². The zero-order chi connectivity index (χ0) is 22.8. The smallest absolute Gasteiger partial charge is 0.251 e. The molecule has 0 bridgehead atoms. The van der Waals surface area contributed by atoms with Gasteiger partial charge in [0.2, 0.25) is 5.89 Å². The largest absolute Gasteiger partial charge is 0.419 e. The van der Waals surface area contributed by atoms with Crippen LogP contribution in [0.2, 0.25) is 0 Å². The van der Waals surface area contributed by atoms with Gasteiger partial charge in [0.05, 0.1) is 22.5 Å². The van der Waals surface area contributed by atoms with Crippen LogP contribution in [0.25, 0.3) is 28.4 Å². The fraction of sp³-hybridized carbons (Fsp3) is 0.148. The molecule has 0 aliphatic heterocycles. The fourth-order valence-electron chi connectivity index (χ4n) is 4.03. The monoisotopic (exact) mass is 435 g/mol. The van der Waals surface area contributed by atoms with Crippen LogP contribution < -0.4 is 5.73 Å². The molecule has 2 aromatic heterocycles. The van der Waals surface area contributed by atoms with Gasteiger partial charge in [-0.15, -0.1) is 10.2 Å². The molecule has 5 rings (SSSR count). The van der Waals surface area contributed by atoms with Gasteiger partial charge in [0, 0.05) is 5.56 Å². The summed E-state index contributed by atoms with van der Waals surface area (Å²) in [5, 5.41) is 13.7. The van der Waals surface area contributed by atoms with Crippen LogP contribution in [0.4, 0.5) is 0 Å². The highest BCUT2D eigenvalue weighted by Gasteiger charge is 2.31. The maximum Gasteiger partial charge on any atom is 0.251 e. The van der Waals surface area contributed by atoms with Crippen molar-refractivity contribution in [2.45, 2.75) is 25.8 Å². The van der Waals surface area contributed by atoms with E-state index in [1.54, 1.807) is 0 Å². The summed E-state index contributed by atoms with van der Waals surface area (Å²) in [5.74, 6) is 0.806. The van der Waals surface area contributed by atoms with Crippen LogP contribution in [0.5, 0.6) is 0 Å². The standard InChI is InChI=1S/C27H25N5O/c1-19-23(25-29-30-26(33-25)27(2,28)18-20-12-6-3-7-13-20)24(21-14-8-4-9-15-21)31-32(19)22-16-10-5-11-17-22/h3-17H,18,28H2,1-2H3. The highest BCUT2D eigenvalue weighted by Crippen LogP contribution is 2.36. The summed E-state index contributed by atoms with van der Waals surface area (Å²) in [7, 11) is 0. The number of benzene rings is 3. The average molecular weight is 436 g/mol. The van der Waals surface area contributed by atoms with Crippen molar-refractivity contribution in [3.8, 4) is 28.4 Å². The SMILES string of the molecule is Cc1c(-c2nnc(C(C)(N)Cc3ccccc3)o2)c(-c2ccccc2)nn1-c1ccccc1. The van der Waals surface area contributed by atoms with Gasteiger partial charge in [-0.05, 0) is 38.0 Å². The van der Waals surface area contributed by atoms with Gasteiger partial charge >= 0.3 is 0 Å². The average Bonchev–Trinajstić information content (AvgIpc) is 3.46. The molecule has 0 aliphatic rings. The number of rotatable bonds is 6. The van der Waals surface area contributed by atoms with E-state index in [1.807, 2.05) is 110 Å². The summed E-state index contributed by atoms with van der Waals surface area (Å²) < 4.78 is 8.11. The molecule has 0 fully saturated rings. The molecule has 2 N–H and O–H groups in total. The summed E-state index contributed by atoms with van der Waals surface area (Å²) in [6.45, 7) is 3.92. The maximum absolute atomic E-state index is 6.63. The van der Waals surface area contributed by atoms with E-state index in [0.717, 1.165) is 33.8 Å². The second kappa shape index (κ2) is 8.48. The predicted molar refractivity (Wildman–Crippen MR) is 129 cm³/mol. The van der Waals surface area contributed by atoms with Crippen molar-refractivity contribution >= 4 is 0 Å². The minimum atomic E-state index is -0.803. The van der Waals surface area contributed by atoms with Crippen LogP contribution in [0.15, 0.2) is 95.4 Å². The van der Waals surface area contributed by atoms with Crippen molar-refractivity contribution < 1.29 is 4.42 Å². The second-order valence-corrected chi connectivity index (χ2v) is 8.41. The molecule has 0 radical (unpaired) electrons. The molecular weight excluding hydrogens is 410 g/mol. The molecule has 2 heterocycles. The molecule has 1 atom stereocenters. The predicted octanol–water partition coefficient (Wildman–Crippen LogP) is 5.31. The lowest BCUT2D eigenvalue weighted by atomic mass is 9.94. The van der Waals surface area contributed by atoms with Gasteiger partial charge in [0.1, 0.15) is 5.69 Å². The summed E-state index contributed by atoms with van der Waals surface area (Å²) in [5.41, 5.74) is 11.4. The molecule has 0 spiro atoms. The Morgan fingerprint density at radius 1 is 0.848 bits per heavy atom. The first-order valence-corrected chi connectivity index (χ1v) is 10.9. The Kier molecular flexibility index (Phi) is 5.36. The van der Waals surface area contributed by atoms with Crippen LogP contribution in [0.1, 0.15) is 24.1 Å². The Hall–Kier alpha value is -4.03. The minimum Gasteiger partial charge on any atom is -0.419 e. The second-order valence-electron chi connectivity index (χ2n) is 8.41. The third kappa shape index (κ3) is 4.08. The summed E-state index contributed by atoms with van der Waals surface area (Å²) in [6.07, 6.45) is 0.587. The number of aromatic nitrogens is 4. The Morgan fingerprint density at radius 3 is 2.12 bits per heavy atom. The fourth-order valence-corrected chi connectivity index (χ4v) is 4.03. The Bertz CT molecular complexity index is 1360. The van der Waals surface area contributed by atoms with Crippen molar-refractivity contribution in [3.63, 3.8) is 0 Å². The first-order chi connectivity index (χ1) is 16.0. The van der Waals surface area contributed by atoms with E-state index in [-0.39, 0.29) is 0 Å². The molecule has 6 heteroatoms. The summed E-state index contributed by atoms with van der Waals surface area (Å²) >= 11 is 0. The molecular formula is C27H25N5O. The van der Waals surface area contributed by atoms with E-state index in [1.165, 1.54) is 0 Å². The third-order valence-electron chi connectivity index (χ3n) is 5.71. The third-order valence-corrected chi connectivity index (χ3v) is 5.71. The van der Waals surface area contributed by atoms with E-state index in [2.05, 4.69) is 10.2 Å². The van der Waals surface area contributed by atoms with Crippen molar-refractivity contribution in [2.24, 2.45) is 5.73 Å². The number of nitrogens with two attached hydrogens (primary N) is 1. The Labute approximate surface area is 192 Å². The molecule has 164 valence electrons. The van der Waals surface area contributed by atoms with Gasteiger partial charge in [0.15, 0.2) is 0 Å². The molecule has 33 heavy (non-hydrogen) atoms. The summed E-state index contributed by atoms with van der Waals surface area (Å²) in [4.78, 5) is 0. The zero-order valence-corrected chi connectivity index (χ0v) is 18.6. The lowest BCUT2D eigenvalue weighted by molar-refractivity contribution is 0.355. The molecule has 5 aromatic rings. The number of hydrogen-bond acceptors (Lipinski definition) is 5. The van der Waals surface area contributed by atoms with Gasteiger partial charge < -0.3 is 10.2 Å². The minimum absolute atomic E-state index is 0.396. The topological polar surface area (TPSA) is 82.8 Å². The van der Waals surface area contributed by atoms with Gasteiger partial charge in [-0.2, -0.15) is 5.10 Å². The lowest BCUT2D eigenvalue weighted by Gasteiger charge is -2.20. The van der Waals surface area contributed by atoms with Crippen molar-refractivity contribution in [2.75, 3.05) is 0 Å². The number of hydrogen-bond donors (Lipinski definition) is 1. The van der Waals surface area contributed by atoms with E-state index < -0.39 is 5.54 Å².